The number of hydrogen-bond acceptors (Lipinski definition) is 3. The Bertz CT molecular complexity index is 891. The van der Waals surface area contributed by atoms with Crippen LogP contribution in [0.3, 0.4) is 0 Å². The van der Waals surface area contributed by atoms with Crippen LogP contribution in [0, 0.1) is 0 Å². The molecule has 0 saturated carbocycles. The molecule has 36 heavy (non-hydrogen) atoms. The van der Waals surface area contributed by atoms with E-state index in [1.54, 1.807) is 0 Å². The highest BCUT2D eigenvalue weighted by Gasteiger charge is 2.90. The predicted octanol–water partition coefficient (Wildman–Crippen LogP) is 7.86. The Hall–Kier alpha value is -0.740. The Morgan fingerprint density at radius 2 is 1.17 bits per heavy atom. The molecule has 0 aromatic heterocycles. The van der Waals surface area contributed by atoms with Gasteiger partial charge in [-0.15, -0.1) is 0 Å². The summed E-state index contributed by atoms with van der Waals surface area (Å²) in [7, 11) is -6.63. The minimum absolute atomic E-state index is 0.0409. The van der Waals surface area contributed by atoms with Crippen molar-refractivity contribution in [2.75, 3.05) is 0 Å². The maximum atomic E-state index is 14.0. The maximum Gasteiger partial charge on any atom is 0.523 e. The van der Waals surface area contributed by atoms with Crippen LogP contribution in [0.4, 0.5) is 70.2 Å². The zero-order valence-corrected chi connectivity index (χ0v) is 20.0. The second-order valence-electron chi connectivity index (χ2n) is 6.93. The van der Waals surface area contributed by atoms with Crippen molar-refractivity contribution in [1.29, 1.82) is 0 Å². The first-order valence-corrected chi connectivity index (χ1v) is 11.4. The average molecular weight is 704 g/mol. The van der Waals surface area contributed by atoms with Crippen LogP contribution >= 0.6 is 22.6 Å². The van der Waals surface area contributed by atoms with E-state index < -0.39 is 73.6 Å². The highest BCUT2D eigenvalue weighted by Crippen LogP contribution is 2.60. The summed E-state index contributed by atoms with van der Waals surface area (Å²) in [5, 5.41) is 0. The summed E-state index contributed by atoms with van der Waals surface area (Å²) in [6, 6.07) is 0. The van der Waals surface area contributed by atoms with Gasteiger partial charge in [0.2, 0.25) is 0 Å². The molecule has 1 unspecified atom stereocenters. The first-order valence-electron chi connectivity index (χ1n) is 8.88. The molecule has 0 rings (SSSR count). The van der Waals surface area contributed by atoms with E-state index in [0.717, 1.165) is 0 Å². The Labute approximate surface area is 205 Å². The Morgan fingerprint density at radius 3 is 1.53 bits per heavy atom. The fourth-order valence-corrected chi connectivity index (χ4v) is 3.77. The molecule has 3 nitrogen and oxygen atoms in total. The first kappa shape index (κ1) is 35.3. The highest BCUT2D eigenvalue weighted by molar-refractivity contribution is 14.1. The van der Waals surface area contributed by atoms with E-state index in [4.69, 9.17) is 0 Å². The van der Waals surface area contributed by atoms with Gasteiger partial charge in [-0.2, -0.15) is 78.7 Å². The zero-order valence-electron chi connectivity index (χ0n) is 17.0. The topological polar surface area (TPSA) is 43.4 Å². The van der Waals surface area contributed by atoms with Crippen molar-refractivity contribution in [1.82, 2.24) is 0 Å². The third kappa shape index (κ3) is 6.63. The van der Waals surface area contributed by atoms with Gasteiger partial charge in [-0.1, -0.05) is 26.2 Å². The minimum atomic E-state index is -8.17. The Kier molecular flexibility index (Phi) is 10.6. The third-order valence-corrected chi connectivity index (χ3v) is 6.24. The molecule has 21 heteroatoms. The molecule has 0 aromatic carbocycles. The van der Waals surface area contributed by atoms with Crippen LogP contribution in [0.1, 0.15) is 32.6 Å². The molecule has 0 fully saturated rings. The third-order valence-electron chi connectivity index (χ3n) is 4.18. The van der Waals surface area contributed by atoms with E-state index in [2.05, 4.69) is 4.18 Å². The quantitative estimate of drug-likeness (QED) is 0.0684. The summed E-state index contributed by atoms with van der Waals surface area (Å²) >= 11 is 0.397. The van der Waals surface area contributed by atoms with Crippen molar-refractivity contribution in [3.05, 3.63) is 9.66 Å². The molecule has 1 atom stereocenters. The summed E-state index contributed by atoms with van der Waals surface area (Å²) in [4.78, 5) is 0. The van der Waals surface area contributed by atoms with E-state index in [1.165, 1.54) is 6.92 Å². The lowest BCUT2D eigenvalue weighted by molar-refractivity contribution is -0.436. The molecule has 0 aliphatic carbocycles. The van der Waals surface area contributed by atoms with Crippen molar-refractivity contribution in [2.24, 2.45) is 0 Å². The summed E-state index contributed by atoms with van der Waals surface area (Å²) in [6.45, 7) is 1.47. The van der Waals surface area contributed by atoms with Crippen molar-refractivity contribution in [3.8, 4) is 0 Å². The van der Waals surface area contributed by atoms with Gasteiger partial charge in [-0.25, -0.2) is 0 Å². The smallest absolute Gasteiger partial charge is 0.255 e. The van der Waals surface area contributed by atoms with E-state index in [-0.39, 0.29) is 19.3 Å². The van der Waals surface area contributed by atoms with Gasteiger partial charge in [0.25, 0.3) is 0 Å². The molecule has 0 aromatic rings. The van der Waals surface area contributed by atoms with Gasteiger partial charge < -0.3 is 0 Å². The number of alkyl halides is 16. The lowest BCUT2D eigenvalue weighted by Crippen LogP contribution is -2.69. The van der Waals surface area contributed by atoms with Gasteiger partial charge in [0.15, 0.2) is 0 Å². The summed E-state index contributed by atoms with van der Waals surface area (Å²) < 4.78 is 233. The molecular weight excluding hydrogens is 691 g/mol. The van der Waals surface area contributed by atoms with Gasteiger partial charge in [0.1, 0.15) is 6.10 Å². The predicted molar refractivity (Wildman–Crippen MR) is 96.9 cm³/mol. The monoisotopic (exact) mass is 704 g/mol. The number of unbranched alkanes of at least 4 members (excludes halogenated alkanes) is 2. The first-order chi connectivity index (χ1) is 15.5. The second-order valence-corrected chi connectivity index (χ2v) is 9.74. The lowest BCUT2D eigenvalue weighted by Gasteiger charge is -2.39. The summed E-state index contributed by atoms with van der Waals surface area (Å²) in [5.74, 6) is -38.7. The average Bonchev–Trinajstić information content (AvgIpc) is 2.64. The Balaban J connectivity index is 6.61. The van der Waals surface area contributed by atoms with Crippen LogP contribution in [-0.4, -0.2) is 55.8 Å². The lowest BCUT2D eigenvalue weighted by atomic mass is 9.93. The minimum Gasteiger partial charge on any atom is -0.255 e. The van der Waals surface area contributed by atoms with E-state index in [1.807, 2.05) is 0 Å². The molecule has 0 aliphatic heterocycles. The van der Waals surface area contributed by atoms with Crippen molar-refractivity contribution < 1.29 is 82.8 Å². The number of rotatable bonds is 12. The zero-order chi connectivity index (χ0) is 29.4. The molecule has 0 N–H and O–H groups in total. The van der Waals surface area contributed by atoms with Crippen LogP contribution in [0.2, 0.25) is 0 Å². The van der Waals surface area contributed by atoms with E-state index in [0.29, 0.717) is 22.6 Å². The Morgan fingerprint density at radius 1 is 0.750 bits per heavy atom. The van der Waals surface area contributed by atoms with Gasteiger partial charge in [0.05, 0.1) is 0 Å². The molecule has 0 radical (unpaired) electrons. The molecule has 216 valence electrons. The highest BCUT2D eigenvalue weighted by atomic mass is 127. The van der Waals surface area contributed by atoms with Gasteiger partial charge in [-0.3, -0.25) is 4.18 Å². The van der Waals surface area contributed by atoms with Crippen LogP contribution in [0.5, 0.6) is 0 Å². The second kappa shape index (κ2) is 10.8. The van der Waals surface area contributed by atoms with Crippen molar-refractivity contribution >= 4 is 32.7 Å². The molecule has 0 saturated heterocycles. The van der Waals surface area contributed by atoms with Crippen molar-refractivity contribution in [2.45, 2.75) is 80.0 Å². The molecule has 0 bridgehead atoms. The van der Waals surface area contributed by atoms with E-state index >= 15 is 0 Å². The van der Waals surface area contributed by atoms with Gasteiger partial charge in [-0.05, 0) is 29.0 Å². The molecule has 0 heterocycles. The van der Waals surface area contributed by atoms with Crippen LogP contribution in [0.25, 0.3) is 0 Å². The molecule has 0 aliphatic rings. The van der Waals surface area contributed by atoms with Gasteiger partial charge in [0, 0.05) is 9.66 Å². The standard InChI is InChI=1S/C15H13F16IO3S/c1-2-3-4-5-8(35-36(33,34)15(29,30)31)7(32)6-9(16,17)10(18,19)11(20,21)12(22,23)13(24,25)14(26,27)28/h6,8H,2-5H2,1H3. The number of allylic oxidation sites excluding steroid dienone is 1. The largest absolute Gasteiger partial charge is 0.523 e. The van der Waals surface area contributed by atoms with Crippen LogP contribution < -0.4 is 0 Å². The van der Waals surface area contributed by atoms with Gasteiger partial charge >= 0.3 is 51.4 Å². The molecular formula is C15H13F16IO3S. The van der Waals surface area contributed by atoms with Crippen LogP contribution in [-0.2, 0) is 14.3 Å². The normalized spacial score (nSPS) is 16.9. The fourth-order valence-electron chi connectivity index (χ4n) is 2.16. The summed E-state index contributed by atoms with van der Waals surface area (Å²) in [5.41, 5.74) is -6.20. The van der Waals surface area contributed by atoms with Crippen molar-refractivity contribution in [3.63, 3.8) is 0 Å². The summed E-state index contributed by atoms with van der Waals surface area (Å²) in [6.07, 6.45) is -12.9. The number of halogens is 17. The SMILES string of the molecule is CCCCCC(OS(=O)(=O)C(F)(F)F)C(I)=CC(F)(F)C(F)(F)C(F)(F)C(F)(F)C(F)(F)C(F)(F)F. The van der Waals surface area contributed by atoms with Crippen LogP contribution in [0.15, 0.2) is 9.66 Å². The number of hydrogen-bond donors (Lipinski definition) is 0. The molecule has 0 spiro atoms. The maximum absolute atomic E-state index is 14.0. The van der Waals surface area contributed by atoms with E-state index in [9.17, 15) is 78.7 Å². The fraction of sp³-hybridized carbons (Fsp3) is 0.867. The molecule has 0 amide bonds.